The fraction of sp³-hybridized carbons (Fsp3) is 0.125. The number of aromatic nitrogens is 4. The van der Waals surface area contributed by atoms with Crippen LogP contribution in [0.4, 0.5) is 0 Å². The van der Waals surface area contributed by atoms with E-state index in [0.29, 0.717) is 26.6 Å². The molecule has 3 rings (SSSR count). The number of nitrogens with one attached hydrogen (secondary N) is 1. The highest BCUT2D eigenvalue weighted by molar-refractivity contribution is 6.35. The molecule has 1 heterocycles. The van der Waals surface area contributed by atoms with Crippen molar-refractivity contribution in [2.75, 3.05) is 6.61 Å². The molecule has 10 heteroatoms. The third-order valence-corrected chi connectivity index (χ3v) is 4.08. The van der Waals surface area contributed by atoms with Gasteiger partial charge in [0.1, 0.15) is 5.75 Å². The molecule has 1 aromatic heterocycles. The molecule has 0 saturated carbocycles. The quantitative estimate of drug-likeness (QED) is 0.671. The Labute approximate surface area is 163 Å². The van der Waals surface area contributed by atoms with Gasteiger partial charge in [0.25, 0.3) is 5.91 Å². The zero-order valence-electron chi connectivity index (χ0n) is 13.2. The SMILES string of the molecule is O=C(COc1ccc(Cl)cc1Cl)NCc1nnnn1-c1ccc(Cl)cc1. The molecule has 0 atom stereocenters. The highest BCUT2D eigenvalue weighted by atomic mass is 35.5. The topological polar surface area (TPSA) is 81.9 Å². The van der Waals surface area contributed by atoms with Crippen LogP contribution in [-0.4, -0.2) is 32.7 Å². The normalized spacial score (nSPS) is 10.6. The van der Waals surface area contributed by atoms with Crippen molar-refractivity contribution >= 4 is 40.7 Å². The number of hydrogen-bond donors (Lipinski definition) is 1. The first kappa shape index (κ1) is 18.4. The number of nitrogens with zero attached hydrogens (tertiary/aromatic N) is 4. The minimum atomic E-state index is -0.346. The van der Waals surface area contributed by atoms with Gasteiger partial charge in [0.05, 0.1) is 17.3 Å². The van der Waals surface area contributed by atoms with Gasteiger partial charge in [-0.3, -0.25) is 4.79 Å². The molecule has 0 aliphatic heterocycles. The summed E-state index contributed by atoms with van der Waals surface area (Å²) in [6, 6.07) is 11.8. The molecule has 1 amide bonds. The molecule has 2 aromatic carbocycles. The Balaban J connectivity index is 1.57. The van der Waals surface area contributed by atoms with Gasteiger partial charge in [-0.2, -0.15) is 4.68 Å². The summed E-state index contributed by atoms with van der Waals surface area (Å²) in [5.74, 6) is 0.490. The highest BCUT2D eigenvalue weighted by Crippen LogP contribution is 2.27. The average Bonchev–Trinajstić information content (AvgIpc) is 3.08. The number of benzene rings is 2. The second kappa shape index (κ2) is 8.35. The summed E-state index contributed by atoms with van der Waals surface area (Å²) < 4.78 is 6.88. The maximum atomic E-state index is 12.0. The maximum Gasteiger partial charge on any atom is 0.258 e. The molecule has 7 nitrogen and oxygen atoms in total. The van der Waals surface area contributed by atoms with Crippen LogP contribution >= 0.6 is 34.8 Å². The van der Waals surface area contributed by atoms with Crippen LogP contribution < -0.4 is 10.1 Å². The Kier molecular flexibility index (Phi) is 5.92. The molecule has 26 heavy (non-hydrogen) atoms. The molecular weight excluding hydrogens is 401 g/mol. The van der Waals surface area contributed by atoms with Crippen LogP contribution in [0.5, 0.6) is 5.75 Å². The largest absolute Gasteiger partial charge is 0.482 e. The highest BCUT2D eigenvalue weighted by Gasteiger charge is 2.11. The first-order chi connectivity index (χ1) is 12.5. The zero-order valence-corrected chi connectivity index (χ0v) is 15.5. The maximum absolute atomic E-state index is 12.0. The third-order valence-electron chi connectivity index (χ3n) is 3.30. The fourth-order valence-electron chi connectivity index (χ4n) is 2.06. The lowest BCUT2D eigenvalue weighted by Gasteiger charge is -2.09. The van der Waals surface area contributed by atoms with Gasteiger partial charge in [0.15, 0.2) is 12.4 Å². The molecule has 3 aromatic rings. The predicted molar refractivity (Wildman–Crippen MR) is 98.0 cm³/mol. The van der Waals surface area contributed by atoms with Crippen molar-refractivity contribution in [1.82, 2.24) is 25.5 Å². The molecule has 0 aliphatic carbocycles. The summed E-state index contributed by atoms with van der Waals surface area (Å²) in [4.78, 5) is 12.0. The molecule has 1 N–H and O–H groups in total. The lowest BCUT2D eigenvalue weighted by Crippen LogP contribution is -2.29. The van der Waals surface area contributed by atoms with Gasteiger partial charge in [-0.05, 0) is 52.9 Å². The van der Waals surface area contributed by atoms with E-state index in [1.807, 2.05) is 0 Å². The number of amides is 1. The van der Waals surface area contributed by atoms with Gasteiger partial charge < -0.3 is 10.1 Å². The van der Waals surface area contributed by atoms with E-state index in [4.69, 9.17) is 39.5 Å². The van der Waals surface area contributed by atoms with Crippen molar-refractivity contribution in [2.24, 2.45) is 0 Å². The smallest absolute Gasteiger partial charge is 0.258 e. The van der Waals surface area contributed by atoms with Crippen LogP contribution in [0.15, 0.2) is 42.5 Å². The number of halogens is 3. The van der Waals surface area contributed by atoms with E-state index in [1.165, 1.54) is 10.7 Å². The van der Waals surface area contributed by atoms with Gasteiger partial charge in [0.2, 0.25) is 0 Å². The Bertz CT molecular complexity index is 915. The van der Waals surface area contributed by atoms with E-state index in [0.717, 1.165) is 5.69 Å². The van der Waals surface area contributed by atoms with Crippen molar-refractivity contribution < 1.29 is 9.53 Å². The van der Waals surface area contributed by atoms with E-state index < -0.39 is 0 Å². The van der Waals surface area contributed by atoms with Crippen molar-refractivity contribution in [3.05, 3.63) is 63.4 Å². The molecule has 0 saturated heterocycles. The Morgan fingerprint density at radius 1 is 1.08 bits per heavy atom. The first-order valence-corrected chi connectivity index (χ1v) is 8.54. The first-order valence-electron chi connectivity index (χ1n) is 7.40. The Hall–Kier alpha value is -2.35. The molecule has 134 valence electrons. The Morgan fingerprint density at radius 2 is 1.81 bits per heavy atom. The number of rotatable bonds is 6. The summed E-state index contributed by atoms with van der Waals surface area (Å²) in [6.07, 6.45) is 0. The molecule has 0 spiro atoms. The lowest BCUT2D eigenvalue weighted by atomic mass is 10.3. The Morgan fingerprint density at radius 3 is 2.54 bits per heavy atom. The van der Waals surface area contributed by atoms with Crippen molar-refractivity contribution in [3.63, 3.8) is 0 Å². The second-order valence-corrected chi connectivity index (χ2v) is 6.40. The number of carbonyl (C=O) groups is 1. The number of carbonyl (C=O) groups excluding carboxylic acids is 1. The molecule has 0 bridgehead atoms. The molecule has 0 aliphatic rings. The van der Waals surface area contributed by atoms with Crippen molar-refractivity contribution in [1.29, 1.82) is 0 Å². The van der Waals surface area contributed by atoms with E-state index in [9.17, 15) is 4.79 Å². The van der Waals surface area contributed by atoms with E-state index >= 15 is 0 Å². The van der Waals surface area contributed by atoms with Crippen LogP contribution in [0.2, 0.25) is 15.1 Å². The van der Waals surface area contributed by atoms with Crippen molar-refractivity contribution in [3.8, 4) is 11.4 Å². The number of hydrogen-bond acceptors (Lipinski definition) is 5. The molecule has 0 radical (unpaired) electrons. The summed E-state index contributed by atoms with van der Waals surface area (Å²) >= 11 is 17.7. The molecule has 0 unspecified atom stereocenters. The fourth-order valence-corrected chi connectivity index (χ4v) is 2.65. The minimum absolute atomic E-state index is 0.131. The summed E-state index contributed by atoms with van der Waals surface area (Å²) in [5.41, 5.74) is 0.729. The van der Waals surface area contributed by atoms with Crippen LogP contribution in [0.25, 0.3) is 5.69 Å². The number of tetrazole rings is 1. The van der Waals surface area contributed by atoms with Gasteiger partial charge in [-0.15, -0.1) is 5.10 Å². The van der Waals surface area contributed by atoms with E-state index in [1.54, 1.807) is 36.4 Å². The zero-order chi connectivity index (χ0) is 18.5. The second-order valence-electron chi connectivity index (χ2n) is 5.12. The monoisotopic (exact) mass is 411 g/mol. The van der Waals surface area contributed by atoms with E-state index in [2.05, 4.69) is 20.8 Å². The average molecular weight is 413 g/mol. The van der Waals surface area contributed by atoms with Crippen LogP contribution in [-0.2, 0) is 11.3 Å². The summed E-state index contributed by atoms with van der Waals surface area (Å²) in [5, 5.41) is 15.6. The summed E-state index contributed by atoms with van der Waals surface area (Å²) in [7, 11) is 0. The van der Waals surface area contributed by atoms with Crippen LogP contribution in [0.1, 0.15) is 5.82 Å². The van der Waals surface area contributed by atoms with Crippen LogP contribution in [0, 0.1) is 0 Å². The van der Waals surface area contributed by atoms with E-state index in [-0.39, 0.29) is 19.1 Å². The summed E-state index contributed by atoms with van der Waals surface area (Å²) in [6.45, 7) is -0.0734. The molecule has 0 fully saturated rings. The number of ether oxygens (including phenoxy) is 1. The van der Waals surface area contributed by atoms with Gasteiger partial charge >= 0.3 is 0 Å². The lowest BCUT2D eigenvalue weighted by molar-refractivity contribution is -0.123. The van der Waals surface area contributed by atoms with Crippen LogP contribution in [0.3, 0.4) is 0 Å². The van der Waals surface area contributed by atoms with Gasteiger partial charge in [0, 0.05) is 10.0 Å². The molecular formula is C16H12Cl3N5O2. The third kappa shape index (κ3) is 4.63. The van der Waals surface area contributed by atoms with Gasteiger partial charge in [-0.25, -0.2) is 0 Å². The minimum Gasteiger partial charge on any atom is -0.482 e. The standard InChI is InChI=1S/C16H12Cl3N5O2/c17-10-1-4-12(5-2-10)24-15(21-22-23-24)8-20-16(25)9-26-14-6-3-11(18)7-13(14)19/h1-7H,8-9H2,(H,20,25). The van der Waals surface area contributed by atoms with Crippen molar-refractivity contribution in [2.45, 2.75) is 6.54 Å². The van der Waals surface area contributed by atoms with Gasteiger partial charge in [-0.1, -0.05) is 34.8 Å². The predicted octanol–water partition coefficient (Wildman–Crippen LogP) is 3.32.